The van der Waals surface area contributed by atoms with Gasteiger partial charge in [-0.25, -0.2) is 5.01 Å². The van der Waals surface area contributed by atoms with E-state index < -0.39 is 10.8 Å². The highest BCUT2D eigenvalue weighted by atomic mass is 79.9. The monoisotopic (exact) mass is 627 g/mol. The number of benzene rings is 3. The number of hydrogen-bond acceptors (Lipinski definition) is 4. The van der Waals surface area contributed by atoms with E-state index in [2.05, 4.69) is 37.9 Å². The van der Waals surface area contributed by atoms with E-state index in [1.807, 2.05) is 48.5 Å². The molecule has 2 unspecified atom stereocenters. The number of fused-ring (bicyclic) bond motifs is 1. The van der Waals surface area contributed by atoms with E-state index in [-0.39, 0.29) is 28.2 Å². The summed E-state index contributed by atoms with van der Waals surface area (Å²) in [5.74, 6) is -0.454. The SMILES string of the molecule is O=C(c1cc([N+](=O)[O-])ccc1Cl)N1N=C2/C(=C\c3ccc(Br)cc3)CCCC2C1c1ccc(Br)cc1. The summed E-state index contributed by atoms with van der Waals surface area (Å²) in [5.41, 5.74) is 3.85. The summed E-state index contributed by atoms with van der Waals surface area (Å²) in [6.07, 6.45) is 4.84. The van der Waals surface area contributed by atoms with Gasteiger partial charge in [0.1, 0.15) is 0 Å². The second kappa shape index (κ2) is 10.3. The summed E-state index contributed by atoms with van der Waals surface area (Å²) in [5, 5.41) is 17.8. The molecular weight excluding hydrogens is 610 g/mol. The van der Waals surface area contributed by atoms with E-state index in [4.69, 9.17) is 16.7 Å². The number of carbonyl (C=O) groups excluding carboxylic acids is 1. The molecule has 1 fully saturated rings. The number of nitrogens with zero attached hydrogens (tertiary/aromatic N) is 3. The zero-order valence-electron chi connectivity index (χ0n) is 18.9. The Kier molecular flexibility index (Phi) is 7.10. The van der Waals surface area contributed by atoms with E-state index in [0.717, 1.165) is 50.6 Å². The van der Waals surface area contributed by atoms with Gasteiger partial charge in [0.25, 0.3) is 11.6 Å². The summed E-state index contributed by atoms with van der Waals surface area (Å²) in [4.78, 5) is 24.6. The van der Waals surface area contributed by atoms with Crippen LogP contribution in [0.15, 0.2) is 86.3 Å². The maximum atomic E-state index is 13.8. The normalized spacial score (nSPS) is 20.2. The average molecular weight is 630 g/mol. The average Bonchev–Trinajstić information content (AvgIpc) is 3.26. The van der Waals surface area contributed by atoms with Crippen molar-refractivity contribution in [2.24, 2.45) is 11.0 Å². The molecule has 2 aliphatic rings. The van der Waals surface area contributed by atoms with Crippen LogP contribution in [-0.2, 0) is 0 Å². The minimum Gasteiger partial charge on any atom is -0.267 e. The molecule has 1 heterocycles. The first-order valence-corrected chi connectivity index (χ1v) is 13.4. The molecule has 2 atom stereocenters. The highest BCUT2D eigenvalue weighted by Gasteiger charge is 2.44. The summed E-state index contributed by atoms with van der Waals surface area (Å²) in [7, 11) is 0. The summed E-state index contributed by atoms with van der Waals surface area (Å²) in [6.45, 7) is 0. The molecule has 182 valence electrons. The largest absolute Gasteiger partial charge is 0.276 e. The van der Waals surface area contributed by atoms with Crippen LogP contribution in [0.25, 0.3) is 6.08 Å². The summed E-state index contributed by atoms with van der Waals surface area (Å²) < 4.78 is 1.94. The number of allylic oxidation sites excluding steroid dienone is 1. The molecule has 0 radical (unpaired) electrons. The van der Waals surface area contributed by atoms with Gasteiger partial charge in [0.15, 0.2) is 0 Å². The Morgan fingerprint density at radius 1 is 1.06 bits per heavy atom. The first-order valence-electron chi connectivity index (χ1n) is 11.4. The lowest BCUT2D eigenvalue weighted by Gasteiger charge is -2.29. The lowest BCUT2D eigenvalue weighted by molar-refractivity contribution is -0.384. The summed E-state index contributed by atoms with van der Waals surface area (Å²) >= 11 is 13.3. The number of carbonyl (C=O) groups is 1. The number of rotatable bonds is 4. The number of hydrogen-bond donors (Lipinski definition) is 0. The lowest BCUT2D eigenvalue weighted by atomic mass is 9.77. The van der Waals surface area contributed by atoms with Gasteiger partial charge in [0, 0.05) is 27.0 Å². The Balaban J connectivity index is 1.60. The minimum absolute atomic E-state index is 0.00282. The van der Waals surface area contributed by atoms with Crippen molar-refractivity contribution < 1.29 is 9.72 Å². The molecular formula is C27H20Br2ClN3O3. The molecule has 0 aromatic heterocycles. The number of hydrazone groups is 1. The molecule has 9 heteroatoms. The fourth-order valence-corrected chi connectivity index (χ4v) is 5.56. The fourth-order valence-electron chi connectivity index (χ4n) is 4.84. The quantitative estimate of drug-likeness (QED) is 0.216. The van der Waals surface area contributed by atoms with Crippen molar-refractivity contribution in [3.8, 4) is 0 Å². The molecule has 0 N–H and O–H groups in total. The zero-order valence-corrected chi connectivity index (χ0v) is 22.8. The Morgan fingerprint density at radius 3 is 2.39 bits per heavy atom. The standard InChI is InChI=1S/C27H20Br2ClN3O3/c28-19-8-4-16(5-9-19)14-18-2-1-3-22-25(18)31-32(26(22)17-6-10-20(29)11-7-17)27(34)23-15-21(33(35)36)12-13-24(23)30/h4-15,22,26H,1-3H2/b18-14-. The van der Waals surface area contributed by atoms with Crippen LogP contribution in [-0.4, -0.2) is 21.6 Å². The third-order valence-corrected chi connectivity index (χ3v) is 7.91. The Morgan fingerprint density at radius 2 is 1.72 bits per heavy atom. The van der Waals surface area contributed by atoms with Crippen molar-refractivity contribution in [2.75, 3.05) is 0 Å². The molecule has 1 aliphatic heterocycles. The number of nitro groups is 1. The zero-order chi connectivity index (χ0) is 25.4. The molecule has 1 aliphatic carbocycles. The van der Waals surface area contributed by atoms with Crippen molar-refractivity contribution in [1.82, 2.24) is 5.01 Å². The molecule has 0 saturated heterocycles. The van der Waals surface area contributed by atoms with E-state index in [1.165, 1.54) is 23.2 Å². The maximum Gasteiger partial charge on any atom is 0.276 e. The van der Waals surface area contributed by atoms with E-state index >= 15 is 0 Å². The van der Waals surface area contributed by atoms with Crippen molar-refractivity contribution in [1.29, 1.82) is 0 Å². The lowest BCUT2D eigenvalue weighted by Crippen LogP contribution is -2.32. The molecule has 1 saturated carbocycles. The van der Waals surface area contributed by atoms with Crippen LogP contribution in [0.1, 0.15) is 46.8 Å². The number of nitro benzene ring substituents is 1. The van der Waals surface area contributed by atoms with Gasteiger partial charge in [-0.3, -0.25) is 14.9 Å². The predicted molar refractivity (Wildman–Crippen MR) is 148 cm³/mol. The molecule has 3 aromatic rings. The van der Waals surface area contributed by atoms with Gasteiger partial charge in [-0.2, -0.15) is 5.10 Å². The van der Waals surface area contributed by atoms with Gasteiger partial charge < -0.3 is 0 Å². The highest BCUT2D eigenvalue weighted by Crippen LogP contribution is 2.45. The second-order valence-corrected chi connectivity index (χ2v) is 11.0. The molecule has 0 spiro atoms. The molecule has 0 bridgehead atoms. The van der Waals surface area contributed by atoms with E-state index in [0.29, 0.717) is 0 Å². The minimum atomic E-state index is -0.534. The van der Waals surface area contributed by atoms with Gasteiger partial charge in [-0.1, -0.05) is 67.7 Å². The van der Waals surface area contributed by atoms with E-state index in [9.17, 15) is 14.9 Å². The maximum absolute atomic E-state index is 13.8. The highest BCUT2D eigenvalue weighted by molar-refractivity contribution is 9.10. The first kappa shape index (κ1) is 24.9. The van der Waals surface area contributed by atoms with Gasteiger partial charge >= 0.3 is 0 Å². The van der Waals surface area contributed by atoms with Crippen LogP contribution < -0.4 is 0 Å². The van der Waals surface area contributed by atoms with Crippen LogP contribution in [0.2, 0.25) is 5.02 Å². The number of non-ortho nitro benzene ring substituents is 1. The molecule has 5 rings (SSSR count). The molecule has 1 amide bonds. The Hall–Kier alpha value is -2.81. The van der Waals surface area contributed by atoms with Gasteiger partial charge in [0.2, 0.25) is 0 Å². The Bertz CT molecular complexity index is 1400. The van der Waals surface area contributed by atoms with Crippen LogP contribution in [0.5, 0.6) is 0 Å². The van der Waals surface area contributed by atoms with E-state index in [1.54, 1.807) is 0 Å². The van der Waals surface area contributed by atoms with Crippen LogP contribution in [0, 0.1) is 16.0 Å². The smallest absolute Gasteiger partial charge is 0.267 e. The molecule has 3 aromatic carbocycles. The fraction of sp³-hybridized carbons (Fsp3) is 0.185. The van der Waals surface area contributed by atoms with Crippen molar-refractivity contribution in [2.45, 2.75) is 25.3 Å². The van der Waals surface area contributed by atoms with Gasteiger partial charge in [0.05, 0.1) is 27.3 Å². The van der Waals surface area contributed by atoms with Gasteiger partial charge in [-0.05, 0) is 72.4 Å². The van der Waals surface area contributed by atoms with Crippen molar-refractivity contribution in [3.05, 3.63) is 113 Å². The summed E-state index contributed by atoms with van der Waals surface area (Å²) in [6, 6.07) is 19.5. The second-order valence-electron chi connectivity index (χ2n) is 8.77. The van der Waals surface area contributed by atoms with Crippen molar-refractivity contribution >= 4 is 66.8 Å². The molecule has 6 nitrogen and oxygen atoms in total. The van der Waals surface area contributed by atoms with Crippen LogP contribution >= 0.6 is 43.5 Å². The topological polar surface area (TPSA) is 75.8 Å². The third-order valence-electron chi connectivity index (χ3n) is 6.52. The number of amides is 1. The van der Waals surface area contributed by atoms with Crippen LogP contribution in [0.4, 0.5) is 5.69 Å². The predicted octanol–water partition coefficient (Wildman–Crippen LogP) is 8.21. The van der Waals surface area contributed by atoms with Crippen molar-refractivity contribution in [3.63, 3.8) is 0 Å². The van der Waals surface area contributed by atoms with Gasteiger partial charge in [-0.15, -0.1) is 0 Å². The molecule has 36 heavy (non-hydrogen) atoms. The number of halogens is 3. The third kappa shape index (κ3) is 4.90. The first-order chi connectivity index (χ1) is 17.3. The van der Waals surface area contributed by atoms with Crippen LogP contribution in [0.3, 0.4) is 0 Å². The Labute approximate surface area is 230 Å².